The molecule has 0 aromatic carbocycles. The molecule has 2 N–H and O–H groups in total. The lowest BCUT2D eigenvalue weighted by Gasteiger charge is -2.56. The van der Waals surface area contributed by atoms with Gasteiger partial charge in [0.2, 0.25) is 0 Å². The summed E-state index contributed by atoms with van der Waals surface area (Å²) in [6.07, 6.45) is 3.70. The van der Waals surface area contributed by atoms with Crippen LogP contribution in [0.15, 0.2) is 0 Å². The zero-order chi connectivity index (χ0) is 31.2. The Morgan fingerprint density at radius 3 is 1.88 bits per heavy atom. The second-order valence-corrected chi connectivity index (χ2v) is 16.4. The molecule has 240 valence electrons. The molecule has 13 atom stereocenters. The van der Waals surface area contributed by atoms with Gasteiger partial charge in [0, 0.05) is 0 Å². The molecule has 0 aromatic heterocycles. The average Bonchev–Trinajstić information content (AvgIpc) is 3.49. The van der Waals surface area contributed by atoms with Crippen LogP contribution in [0.5, 0.6) is 0 Å². The van der Waals surface area contributed by atoms with Gasteiger partial charge in [-0.25, -0.2) is 0 Å². The predicted octanol–water partition coefficient (Wildman–Crippen LogP) is 6.60. The van der Waals surface area contributed by atoms with Crippen molar-refractivity contribution in [3.05, 3.63) is 0 Å². The molecule has 3 aliphatic carbocycles. The minimum atomic E-state index is -0.856. The van der Waals surface area contributed by atoms with E-state index in [1.54, 1.807) is 0 Å². The normalized spacial score (nSPS) is 47.5. The third kappa shape index (κ3) is 5.24. The lowest BCUT2D eigenvalue weighted by Crippen LogP contribution is -2.57. The zero-order valence-electron chi connectivity index (χ0n) is 27.5. The molecule has 0 spiro atoms. The molecule has 0 aromatic rings. The van der Waals surface area contributed by atoms with E-state index in [1.165, 1.54) is 0 Å². The summed E-state index contributed by atoms with van der Waals surface area (Å²) in [6, 6.07) is 0. The maximum absolute atomic E-state index is 13.2. The molecule has 2 heterocycles. The highest BCUT2D eigenvalue weighted by atomic mass is 16.8. The lowest BCUT2D eigenvalue weighted by atomic mass is 9.48. The Morgan fingerprint density at radius 2 is 1.29 bits per heavy atom. The number of hydrogen-bond donors (Lipinski definition) is 2. The van der Waals surface area contributed by atoms with E-state index in [2.05, 4.69) is 34.6 Å². The molecule has 3 saturated carbocycles. The maximum Gasteiger partial charge on any atom is 0.307 e. The van der Waals surface area contributed by atoms with Crippen LogP contribution in [0.2, 0.25) is 0 Å². The largest absolute Gasteiger partial charge is 0.481 e. The van der Waals surface area contributed by atoms with Crippen molar-refractivity contribution < 1.29 is 38.7 Å². The van der Waals surface area contributed by atoms with Gasteiger partial charge in [-0.15, -0.1) is 0 Å². The SMILES string of the molecule is CC(C)[C@@H](C)[C@H]1OC(C)(C)O[C@@H]1[C@@H](C)[C@H]1CC[C@H]2C(C(=O)O)C([C@@]3(C)C[C@H]4OC(C)(C)O[C@H]4C[C@@H]3C(=O)O)CC[C@]12C. The van der Waals surface area contributed by atoms with Crippen molar-refractivity contribution in [2.45, 2.75) is 144 Å². The first-order chi connectivity index (χ1) is 19.3. The fourth-order valence-corrected chi connectivity index (χ4v) is 10.5. The fourth-order valence-electron chi connectivity index (χ4n) is 10.5. The number of ether oxygens (including phenoxy) is 4. The van der Waals surface area contributed by atoms with E-state index < -0.39 is 40.8 Å². The molecule has 8 heteroatoms. The average molecular weight is 593 g/mol. The van der Waals surface area contributed by atoms with Crippen molar-refractivity contribution in [3.63, 3.8) is 0 Å². The number of carboxylic acids is 2. The first kappa shape index (κ1) is 32.2. The second-order valence-electron chi connectivity index (χ2n) is 16.4. The van der Waals surface area contributed by atoms with Gasteiger partial charge in [-0.05, 0) is 113 Å². The first-order valence-electron chi connectivity index (χ1n) is 16.5. The van der Waals surface area contributed by atoms with Crippen LogP contribution < -0.4 is 0 Å². The van der Waals surface area contributed by atoms with Crippen LogP contribution in [-0.2, 0) is 28.5 Å². The molecule has 2 unspecified atom stereocenters. The monoisotopic (exact) mass is 592 g/mol. The van der Waals surface area contributed by atoms with Gasteiger partial charge in [0.15, 0.2) is 11.6 Å². The Morgan fingerprint density at radius 1 is 0.714 bits per heavy atom. The number of rotatable bonds is 7. The smallest absolute Gasteiger partial charge is 0.307 e. The third-order valence-corrected chi connectivity index (χ3v) is 12.9. The highest BCUT2D eigenvalue weighted by Crippen LogP contribution is 2.66. The molecule has 5 aliphatic rings. The van der Waals surface area contributed by atoms with Crippen molar-refractivity contribution in [2.75, 3.05) is 0 Å². The molecule has 0 amide bonds. The number of fused-ring (bicyclic) bond motifs is 2. The minimum absolute atomic E-state index is 0.00689. The summed E-state index contributed by atoms with van der Waals surface area (Å²) in [7, 11) is 0. The van der Waals surface area contributed by atoms with Crippen LogP contribution in [0.1, 0.15) is 108 Å². The van der Waals surface area contributed by atoms with Gasteiger partial charge in [-0.1, -0.05) is 41.5 Å². The van der Waals surface area contributed by atoms with Gasteiger partial charge in [-0.3, -0.25) is 9.59 Å². The summed E-state index contributed by atoms with van der Waals surface area (Å²) >= 11 is 0. The number of carbonyl (C=O) groups is 2. The van der Waals surface area contributed by atoms with Gasteiger partial charge in [0.25, 0.3) is 0 Å². The van der Waals surface area contributed by atoms with Crippen LogP contribution in [0.3, 0.4) is 0 Å². The van der Waals surface area contributed by atoms with Gasteiger partial charge < -0.3 is 29.2 Å². The zero-order valence-corrected chi connectivity index (χ0v) is 27.5. The van der Waals surface area contributed by atoms with E-state index in [4.69, 9.17) is 18.9 Å². The van der Waals surface area contributed by atoms with E-state index in [9.17, 15) is 19.8 Å². The number of hydrogen-bond acceptors (Lipinski definition) is 6. The minimum Gasteiger partial charge on any atom is -0.481 e. The van der Waals surface area contributed by atoms with Crippen molar-refractivity contribution in [1.29, 1.82) is 0 Å². The molecule has 8 nitrogen and oxygen atoms in total. The van der Waals surface area contributed by atoms with E-state index in [-0.39, 0.29) is 47.6 Å². The number of carboxylic acid groups (broad SMARTS) is 2. The van der Waals surface area contributed by atoms with Gasteiger partial charge in [-0.2, -0.15) is 0 Å². The van der Waals surface area contributed by atoms with Gasteiger partial charge in [0.1, 0.15) is 0 Å². The summed E-state index contributed by atoms with van der Waals surface area (Å²) in [5.74, 6) is -3.26. The fraction of sp³-hybridized carbons (Fsp3) is 0.941. The quantitative estimate of drug-likeness (QED) is 0.340. The van der Waals surface area contributed by atoms with Crippen LogP contribution in [0.4, 0.5) is 0 Å². The van der Waals surface area contributed by atoms with Crippen molar-refractivity contribution in [3.8, 4) is 0 Å². The summed E-state index contributed by atoms with van der Waals surface area (Å²) < 4.78 is 25.4. The molecule has 0 bridgehead atoms. The van der Waals surface area contributed by atoms with Gasteiger partial charge in [0.05, 0.1) is 36.3 Å². The summed E-state index contributed by atoms with van der Waals surface area (Å²) in [5.41, 5.74) is -0.864. The Balaban J connectivity index is 1.43. The molecule has 42 heavy (non-hydrogen) atoms. The maximum atomic E-state index is 13.2. The molecule has 5 fully saturated rings. The van der Waals surface area contributed by atoms with Crippen molar-refractivity contribution >= 4 is 11.9 Å². The molecule has 0 radical (unpaired) electrons. The summed E-state index contributed by atoms with van der Waals surface area (Å²) in [6.45, 7) is 21.1. The van der Waals surface area contributed by atoms with Crippen LogP contribution in [-0.4, -0.2) is 58.1 Å². The van der Waals surface area contributed by atoms with Gasteiger partial charge >= 0.3 is 11.9 Å². The van der Waals surface area contributed by atoms with Crippen LogP contribution in [0, 0.1) is 58.2 Å². The van der Waals surface area contributed by atoms with E-state index in [1.807, 2.05) is 34.6 Å². The molecular weight excluding hydrogens is 536 g/mol. The van der Waals surface area contributed by atoms with Crippen LogP contribution in [0.25, 0.3) is 0 Å². The van der Waals surface area contributed by atoms with E-state index in [0.717, 1.165) is 19.3 Å². The number of aliphatic carboxylic acids is 2. The highest BCUT2D eigenvalue weighted by molar-refractivity contribution is 5.74. The second kappa shape index (κ2) is 10.7. The molecule has 2 aliphatic heterocycles. The standard InChI is InChI=1S/C34H56O8/c1-17(2)18(3)27-28(42-32(7,8)41-27)19(4)20-11-12-21-26(30(37)38)22(13-14-33(20,21)9)34(10)16-25-24(15-23(34)29(35)36)39-31(5,6)40-25/h17-28H,11-16H2,1-10H3,(H,35,36)(H,37,38)/t18-,19+,20-,21+,22?,23-,24+,25-,26?,27-,28-,33-,34-/m1/s1. The molecule has 5 rings (SSSR count). The predicted molar refractivity (Wildman–Crippen MR) is 157 cm³/mol. The van der Waals surface area contributed by atoms with Crippen molar-refractivity contribution in [2.24, 2.45) is 58.2 Å². The Labute approximate surface area is 252 Å². The Bertz CT molecular complexity index is 1050. The van der Waals surface area contributed by atoms with E-state index in [0.29, 0.717) is 37.0 Å². The van der Waals surface area contributed by atoms with Crippen LogP contribution >= 0.6 is 0 Å². The highest BCUT2D eigenvalue weighted by Gasteiger charge is 2.65. The molecule has 2 saturated heterocycles. The summed E-state index contributed by atoms with van der Waals surface area (Å²) in [4.78, 5) is 26.0. The third-order valence-electron chi connectivity index (χ3n) is 12.9. The Hall–Kier alpha value is -1.22. The Kier molecular flexibility index (Phi) is 8.20. The molecular formula is C34H56O8. The van der Waals surface area contributed by atoms with E-state index >= 15 is 0 Å². The summed E-state index contributed by atoms with van der Waals surface area (Å²) in [5, 5.41) is 21.3. The lowest BCUT2D eigenvalue weighted by molar-refractivity contribution is -0.175. The first-order valence-corrected chi connectivity index (χ1v) is 16.5. The van der Waals surface area contributed by atoms with Crippen molar-refractivity contribution in [1.82, 2.24) is 0 Å². The topological polar surface area (TPSA) is 112 Å².